The third kappa shape index (κ3) is 6.35. The van der Waals surface area contributed by atoms with Crippen molar-refractivity contribution in [1.82, 2.24) is 20.4 Å². The van der Waals surface area contributed by atoms with Crippen molar-refractivity contribution in [2.45, 2.75) is 20.0 Å². The maximum absolute atomic E-state index is 13.0. The molecule has 0 aliphatic rings. The quantitative estimate of drug-likeness (QED) is 0.321. The number of benzene rings is 2. The lowest BCUT2D eigenvalue weighted by Crippen LogP contribution is -2.36. The van der Waals surface area contributed by atoms with Crippen LogP contribution in [0.15, 0.2) is 72.0 Å². The van der Waals surface area contributed by atoms with E-state index in [4.69, 9.17) is 0 Å². The summed E-state index contributed by atoms with van der Waals surface area (Å²) in [7, 11) is 0. The minimum absolute atomic E-state index is 0. The van der Waals surface area contributed by atoms with Crippen molar-refractivity contribution in [3.05, 3.63) is 83.9 Å². The van der Waals surface area contributed by atoms with E-state index in [2.05, 4.69) is 20.7 Å². The topological polar surface area (TPSA) is 54.2 Å². The zero-order valence-electron chi connectivity index (χ0n) is 15.1. The molecule has 0 amide bonds. The SMILES string of the molecule is CCNC(=NCc1cnn(-c2ccccc2)c1)NCc1ccc(F)cc1.I. The maximum atomic E-state index is 13.0. The number of nitrogens with one attached hydrogen (secondary N) is 2. The summed E-state index contributed by atoms with van der Waals surface area (Å²) in [6.45, 7) is 3.88. The number of aliphatic imine (C=N–C) groups is 1. The van der Waals surface area contributed by atoms with Crippen molar-refractivity contribution in [2.75, 3.05) is 6.54 Å². The van der Waals surface area contributed by atoms with E-state index in [9.17, 15) is 4.39 Å². The molecule has 0 aliphatic heterocycles. The van der Waals surface area contributed by atoms with E-state index in [1.165, 1.54) is 12.1 Å². The lowest BCUT2D eigenvalue weighted by Gasteiger charge is -2.11. The molecule has 7 heteroatoms. The maximum Gasteiger partial charge on any atom is 0.191 e. The molecule has 0 saturated heterocycles. The molecule has 0 saturated carbocycles. The van der Waals surface area contributed by atoms with Crippen LogP contribution in [0, 0.1) is 5.82 Å². The van der Waals surface area contributed by atoms with Crippen LogP contribution in [0.5, 0.6) is 0 Å². The Bertz CT molecular complexity index is 846. The fraction of sp³-hybridized carbons (Fsp3) is 0.200. The van der Waals surface area contributed by atoms with E-state index in [0.717, 1.165) is 23.4 Å². The van der Waals surface area contributed by atoms with E-state index in [1.54, 1.807) is 12.1 Å². The highest BCUT2D eigenvalue weighted by Gasteiger charge is 2.02. The van der Waals surface area contributed by atoms with Crippen molar-refractivity contribution in [3.8, 4) is 5.69 Å². The molecule has 0 fully saturated rings. The van der Waals surface area contributed by atoms with Gasteiger partial charge in [-0.3, -0.25) is 0 Å². The molecule has 27 heavy (non-hydrogen) atoms. The fourth-order valence-electron chi connectivity index (χ4n) is 2.46. The molecule has 1 aromatic heterocycles. The first-order valence-corrected chi connectivity index (χ1v) is 8.60. The van der Waals surface area contributed by atoms with Crippen LogP contribution in [0.1, 0.15) is 18.1 Å². The van der Waals surface area contributed by atoms with Gasteiger partial charge in [0.2, 0.25) is 0 Å². The Kier molecular flexibility index (Phi) is 8.25. The Morgan fingerprint density at radius 2 is 1.78 bits per heavy atom. The van der Waals surface area contributed by atoms with Gasteiger partial charge in [-0.15, -0.1) is 24.0 Å². The summed E-state index contributed by atoms with van der Waals surface area (Å²) in [5.41, 5.74) is 3.03. The van der Waals surface area contributed by atoms with Gasteiger partial charge >= 0.3 is 0 Å². The van der Waals surface area contributed by atoms with Crippen LogP contribution in [-0.2, 0) is 13.1 Å². The number of hydrogen-bond acceptors (Lipinski definition) is 2. The molecular weight excluding hydrogens is 456 g/mol. The highest BCUT2D eigenvalue weighted by Crippen LogP contribution is 2.08. The Morgan fingerprint density at radius 3 is 2.48 bits per heavy atom. The van der Waals surface area contributed by atoms with Crippen molar-refractivity contribution in [3.63, 3.8) is 0 Å². The highest BCUT2D eigenvalue weighted by molar-refractivity contribution is 14.0. The van der Waals surface area contributed by atoms with E-state index in [0.29, 0.717) is 19.0 Å². The van der Waals surface area contributed by atoms with Gasteiger partial charge in [0.25, 0.3) is 0 Å². The monoisotopic (exact) mass is 479 g/mol. The van der Waals surface area contributed by atoms with Gasteiger partial charge in [-0.2, -0.15) is 5.10 Å². The lowest BCUT2D eigenvalue weighted by molar-refractivity contribution is 0.626. The van der Waals surface area contributed by atoms with Gasteiger partial charge in [-0.05, 0) is 36.8 Å². The average molecular weight is 479 g/mol. The predicted octanol–water partition coefficient (Wildman–Crippen LogP) is 3.88. The summed E-state index contributed by atoms with van der Waals surface area (Å²) in [5.74, 6) is 0.481. The molecule has 3 rings (SSSR count). The number of halogens is 2. The molecule has 0 spiro atoms. The van der Waals surface area contributed by atoms with Crippen LogP contribution in [-0.4, -0.2) is 22.3 Å². The van der Waals surface area contributed by atoms with Gasteiger partial charge in [-0.25, -0.2) is 14.1 Å². The van der Waals surface area contributed by atoms with E-state index in [-0.39, 0.29) is 29.8 Å². The molecule has 3 aromatic rings. The van der Waals surface area contributed by atoms with Crippen LogP contribution in [0.3, 0.4) is 0 Å². The second-order valence-corrected chi connectivity index (χ2v) is 5.80. The molecule has 142 valence electrons. The first-order chi connectivity index (χ1) is 12.7. The largest absolute Gasteiger partial charge is 0.357 e. The minimum atomic E-state index is -0.232. The zero-order valence-corrected chi connectivity index (χ0v) is 17.4. The second kappa shape index (κ2) is 10.7. The van der Waals surface area contributed by atoms with Crippen LogP contribution in [0.25, 0.3) is 5.69 Å². The van der Waals surface area contributed by atoms with Gasteiger partial charge in [0.05, 0.1) is 18.4 Å². The standard InChI is InChI=1S/C20H22FN5.HI/c1-2-22-20(23-12-16-8-10-18(21)11-9-16)24-13-17-14-25-26(15-17)19-6-4-3-5-7-19;/h3-11,14-15H,2,12-13H2,1H3,(H2,22,23,24);1H. The summed E-state index contributed by atoms with van der Waals surface area (Å²) < 4.78 is 14.8. The highest BCUT2D eigenvalue weighted by atomic mass is 127. The van der Waals surface area contributed by atoms with Crippen LogP contribution in [0.2, 0.25) is 0 Å². The van der Waals surface area contributed by atoms with E-state index >= 15 is 0 Å². The van der Waals surface area contributed by atoms with Crippen molar-refractivity contribution in [1.29, 1.82) is 0 Å². The molecule has 0 bridgehead atoms. The summed E-state index contributed by atoms with van der Waals surface area (Å²) >= 11 is 0. The van der Waals surface area contributed by atoms with Gasteiger partial charge in [0, 0.05) is 24.8 Å². The van der Waals surface area contributed by atoms with Crippen molar-refractivity contribution < 1.29 is 4.39 Å². The first kappa shape index (κ1) is 20.9. The Labute approximate surface area is 175 Å². The lowest BCUT2D eigenvalue weighted by atomic mass is 10.2. The van der Waals surface area contributed by atoms with Gasteiger partial charge in [0.15, 0.2) is 5.96 Å². The molecule has 1 heterocycles. The number of hydrogen-bond donors (Lipinski definition) is 2. The summed E-state index contributed by atoms with van der Waals surface area (Å²) in [6, 6.07) is 16.4. The zero-order chi connectivity index (χ0) is 18.2. The molecule has 5 nitrogen and oxygen atoms in total. The smallest absolute Gasteiger partial charge is 0.191 e. The molecule has 2 N–H and O–H groups in total. The van der Waals surface area contributed by atoms with Gasteiger partial charge in [0.1, 0.15) is 5.82 Å². The Hall–Kier alpha value is -2.42. The molecular formula is C20H23FIN5. The normalized spacial score (nSPS) is 11.0. The summed E-state index contributed by atoms with van der Waals surface area (Å²) in [5, 5.41) is 10.8. The molecule has 0 atom stereocenters. The Balaban J connectivity index is 0.00000261. The van der Waals surface area contributed by atoms with Gasteiger partial charge in [-0.1, -0.05) is 30.3 Å². The summed E-state index contributed by atoms with van der Waals surface area (Å²) in [6.07, 6.45) is 3.79. The second-order valence-electron chi connectivity index (χ2n) is 5.80. The number of nitrogens with zero attached hydrogens (tertiary/aromatic N) is 3. The van der Waals surface area contributed by atoms with Crippen LogP contribution < -0.4 is 10.6 Å². The molecule has 2 aromatic carbocycles. The predicted molar refractivity (Wildman–Crippen MR) is 117 cm³/mol. The van der Waals surface area contributed by atoms with E-state index < -0.39 is 0 Å². The number of guanidine groups is 1. The molecule has 0 aliphatic carbocycles. The number of aromatic nitrogens is 2. The van der Waals surface area contributed by atoms with Crippen molar-refractivity contribution >= 4 is 29.9 Å². The number of para-hydroxylation sites is 1. The third-order valence-electron chi connectivity index (χ3n) is 3.79. The van der Waals surface area contributed by atoms with Crippen LogP contribution >= 0.6 is 24.0 Å². The van der Waals surface area contributed by atoms with Gasteiger partial charge < -0.3 is 10.6 Å². The summed E-state index contributed by atoms with van der Waals surface area (Å²) in [4.78, 5) is 4.59. The minimum Gasteiger partial charge on any atom is -0.357 e. The van der Waals surface area contributed by atoms with Crippen molar-refractivity contribution in [2.24, 2.45) is 4.99 Å². The Morgan fingerprint density at radius 1 is 1.04 bits per heavy atom. The average Bonchev–Trinajstić information content (AvgIpc) is 3.15. The van der Waals surface area contributed by atoms with Crippen LogP contribution in [0.4, 0.5) is 4.39 Å². The fourth-order valence-corrected chi connectivity index (χ4v) is 2.46. The molecule has 0 radical (unpaired) electrons. The third-order valence-corrected chi connectivity index (χ3v) is 3.79. The van der Waals surface area contributed by atoms with E-state index in [1.807, 2.05) is 54.3 Å². The molecule has 0 unspecified atom stereocenters. The number of rotatable bonds is 6. The first-order valence-electron chi connectivity index (χ1n) is 8.60.